The Bertz CT molecular complexity index is 934. The first kappa shape index (κ1) is 19.7. The van der Waals surface area contributed by atoms with E-state index in [2.05, 4.69) is 31.8 Å². The van der Waals surface area contributed by atoms with Gasteiger partial charge in [-0.15, -0.1) is 0 Å². The van der Waals surface area contributed by atoms with Gasteiger partial charge >= 0.3 is 0 Å². The molecule has 0 aliphatic carbocycles. The van der Waals surface area contributed by atoms with Crippen LogP contribution in [-0.2, 0) is 9.59 Å². The second-order valence-corrected chi connectivity index (χ2v) is 7.43. The molecule has 1 heterocycles. The van der Waals surface area contributed by atoms with Crippen molar-refractivity contribution >= 4 is 62.3 Å². The monoisotopic (exact) mass is 469 g/mol. The third kappa shape index (κ3) is 5.00. The van der Waals surface area contributed by atoms with E-state index in [4.69, 9.17) is 27.9 Å². The molecule has 0 spiro atoms. The maximum absolute atomic E-state index is 12.0. The molecule has 0 radical (unpaired) electrons. The Balaban J connectivity index is 1.49. The van der Waals surface area contributed by atoms with Crippen molar-refractivity contribution in [3.8, 4) is 5.75 Å². The number of nitrogens with zero attached hydrogens (tertiary/aromatic N) is 1. The first-order chi connectivity index (χ1) is 12.9. The Kier molecular flexibility index (Phi) is 6.36. The number of hydrogen-bond donors (Lipinski definition) is 2. The molecule has 0 bridgehead atoms. The van der Waals surface area contributed by atoms with E-state index in [1.807, 2.05) is 6.07 Å². The van der Waals surface area contributed by atoms with Crippen molar-refractivity contribution in [2.75, 3.05) is 11.9 Å². The van der Waals surface area contributed by atoms with Crippen molar-refractivity contribution < 1.29 is 14.3 Å². The average molecular weight is 471 g/mol. The minimum absolute atomic E-state index is 0.170. The maximum Gasteiger partial charge on any atom is 0.276 e. The summed E-state index contributed by atoms with van der Waals surface area (Å²) >= 11 is 15.2. The topological polar surface area (TPSA) is 79.8 Å². The SMILES string of the molecule is O=C(CCCOc1ccc(Cl)cc1Cl)N/N=C1/C(=O)Nc2ccc(Br)cc21. The molecule has 27 heavy (non-hydrogen) atoms. The minimum atomic E-state index is -0.357. The number of rotatable bonds is 6. The van der Waals surface area contributed by atoms with Crippen molar-refractivity contribution in [3.63, 3.8) is 0 Å². The van der Waals surface area contributed by atoms with Gasteiger partial charge in [0.25, 0.3) is 5.91 Å². The van der Waals surface area contributed by atoms with E-state index in [-0.39, 0.29) is 23.9 Å². The van der Waals surface area contributed by atoms with Crippen LogP contribution in [0.1, 0.15) is 18.4 Å². The number of fused-ring (bicyclic) bond motifs is 1. The quantitative estimate of drug-likeness (QED) is 0.485. The highest BCUT2D eigenvalue weighted by Gasteiger charge is 2.26. The van der Waals surface area contributed by atoms with E-state index in [1.165, 1.54) is 0 Å². The summed E-state index contributed by atoms with van der Waals surface area (Å²) < 4.78 is 6.34. The molecule has 1 aliphatic rings. The molecule has 0 unspecified atom stereocenters. The fraction of sp³-hybridized carbons (Fsp3) is 0.167. The standard InChI is InChI=1S/C18H14BrCl2N3O3/c19-10-3-5-14-12(8-10)17(18(26)22-14)24-23-16(25)2-1-7-27-15-6-4-11(20)9-13(15)21/h3-6,8-9H,1-2,7H2,(H,23,25)(H,22,24,26). The van der Waals surface area contributed by atoms with Crippen molar-refractivity contribution in [3.05, 3.63) is 56.5 Å². The van der Waals surface area contributed by atoms with E-state index in [9.17, 15) is 9.59 Å². The van der Waals surface area contributed by atoms with E-state index >= 15 is 0 Å². The van der Waals surface area contributed by atoms with Gasteiger partial charge in [0.15, 0.2) is 5.71 Å². The van der Waals surface area contributed by atoms with Crippen LogP contribution in [0.2, 0.25) is 10.0 Å². The van der Waals surface area contributed by atoms with Gasteiger partial charge in [-0.25, -0.2) is 5.43 Å². The molecule has 3 rings (SSSR count). The number of benzene rings is 2. The van der Waals surface area contributed by atoms with E-state index in [1.54, 1.807) is 30.3 Å². The highest BCUT2D eigenvalue weighted by atomic mass is 79.9. The highest BCUT2D eigenvalue weighted by molar-refractivity contribution is 9.10. The molecular formula is C18H14BrCl2N3O3. The van der Waals surface area contributed by atoms with Crippen LogP contribution in [0.3, 0.4) is 0 Å². The second kappa shape index (κ2) is 8.73. The summed E-state index contributed by atoms with van der Waals surface area (Å²) in [5.41, 5.74) is 3.87. The smallest absolute Gasteiger partial charge is 0.276 e. The molecule has 2 N–H and O–H groups in total. The average Bonchev–Trinajstić information content (AvgIpc) is 2.93. The van der Waals surface area contributed by atoms with Crippen LogP contribution in [0, 0.1) is 0 Å². The summed E-state index contributed by atoms with van der Waals surface area (Å²) in [5, 5.41) is 7.59. The first-order valence-corrected chi connectivity index (χ1v) is 9.54. The van der Waals surface area contributed by atoms with Gasteiger partial charge in [-0.2, -0.15) is 5.10 Å². The van der Waals surface area contributed by atoms with Gasteiger partial charge in [0.2, 0.25) is 5.91 Å². The number of hydrazone groups is 1. The number of hydrogen-bond acceptors (Lipinski definition) is 4. The number of carbonyl (C=O) groups is 2. The summed E-state index contributed by atoms with van der Waals surface area (Å²) in [4.78, 5) is 23.9. The highest BCUT2D eigenvalue weighted by Crippen LogP contribution is 2.28. The molecule has 9 heteroatoms. The van der Waals surface area contributed by atoms with Crippen LogP contribution in [-0.4, -0.2) is 24.1 Å². The Hall–Kier alpha value is -2.09. The predicted molar refractivity (Wildman–Crippen MR) is 109 cm³/mol. The second-order valence-electron chi connectivity index (χ2n) is 5.67. The molecule has 140 valence electrons. The summed E-state index contributed by atoms with van der Waals surface area (Å²) in [5.74, 6) is -0.166. The Morgan fingerprint density at radius 1 is 1.22 bits per heavy atom. The third-order valence-corrected chi connectivity index (χ3v) is 4.72. The van der Waals surface area contributed by atoms with Crippen LogP contribution in [0.4, 0.5) is 5.69 Å². The van der Waals surface area contributed by atoms with Crippen LogP contribution >= 0.6 is 39.1 Å². The molecule has 1 aliphatic heterocycles. The fourth-order valence-electron chi connectivity index (χ4n) is 2.42. The summed E-state index contributed by atoms with van der Waals surface area (Å²) in [7, 11) is 0. The molecule has 0 atom stereocenters. The zero-order chi connectivity index (χ0) is 19.4. The van der Waals surface area contributed by atoms with Crippen LogP contribution in [0.15, 0.2) is 46.0 Å². The minimum Gasteiger partial charge on any atom is -0.492 e. The number of amides is 2. The largest absolute Gasteiger partial charge is 0.492 e. The van der Waals surface area contributed by atoms with Gasteiger partial charge in [0.1, 0.15) is 5.75 Å². The summed E-state index contributed by atoms with van der Waals surface area (Å²) in [6.45, 7) is 0.307. The zero-order valence-corrected chi connectivity index (χ0v) is 17.0. The van der Waals surface area contributed by atoms with E-state index in [0.29, 0.717) is 40.1 Å². The predicted octanol–water partition coefficient (Wildman–Crippen LogP) is 4.39. The Labute approximate surface area is 174 Å². The maximum atomic E-state index is 12.0. The van der Waals surface area contributed by atoms with Gasteiger partial charge in [-0.05, 0) is 42.8 Å². The zero-order valence-electron chi connectivity index (χ0n) is 13.9. The molecule has 2 aromatic rings. The number of ether oxygens (including phenoxy) is 1. The van der Waals surface area contributed by atoms with Crippen molar-refractivity contribution in [2.24, 2.45) is 5.10 Å². The first-order valence-electron chi connectivity index (χ1n) is 7.99. The van der Waals surface area contributed by atoms with Gasteiger partial charge in [0, 0.05) is 21.5 Å². The number of anilines is 1. The van der Waals surface area contributed by atoms with Gasteiger partial charge in [0.05, 0.1) is 17.3 Å². The normalized spacial score (nSPS) is 14.0. The van der Waals surface area contributed by atoms with Crippen molar-refractivity contribution in [2.45, 2.75) is 12.8 Å². The lowest BCUT2D eigenvalue weighted by Crippen LogP contribution is -2.23. The number of halogens is 3. The molecule has 2 aromatic carbocycles. The molecule has 2 amide bonds. The lowest BCUT2D eigenvalue weighted by Gasteiger charge is -2.07. The molecular weight excluding hydrogens is 457 g/mol. The Morgan fingerprint density at radius 2 is 2.04 bits per heavy atom. The molecule has 0 fully saturated rings. The molecule has 0 saturated carbocycles. The number of nitrogens with one attached hydrogen (secondary N) is 2. The Morgan fingerprint density at radius 3 is 2.81 bits per heavy atom. The van der Waals surface area contributed by atoms with Gasteiger partial charge in [-0.1, -0.05) is 39.1 Å². The molecule has 6 nitrogen and oxygen atoms in total. The van der Waals surface area contributed by atoms with E-state index < -0.39 is 0 Å². The van der Waals surface area contributed by atoms with Crippen LogP contribution < -0.4 is 15.5 Å². The van der Waals surface area contributed by atoms with Gasteiger partial charge in [-0.3, -0.25) is 9.59 Å². The molecule has 0 saturated heterocycles. The number of carbonyl (C=O) groups excluding carboxylic acids is 2. The van der Waals surface area contributed by atoms with E-state index in [0.717, 1.165) is 4.47 Å². The van der Waals surface area contributed by atoms with Gasteiger partial charge < -0.3 is 10.1 Å². The van der Waals surface area contributed by atoms with Crippen LogP contribution in [0.25, 0.3) is 0 Å². The lowest BCUT2D eigenvalue weighted by molar-refractivity contribution is -0.121. The fourth-order valence-corrected chi connectivity index (χ4v) is 3.24. The summed E-state index contributed by atoms with van der Waals surface area (Å²) in [6.07, 6.45) is 0.652. The lowest BCUT2D eigenvalue weighted by atomic mass is 10.1. The third-order valence-electron chi connectivity index (χ3n) is 3.69. The van der Waals surface area contributed by atoms with Crippen LogP contribution in [0.5, 0.6) is 5.75 Å². The van der Waals surface area contributed by atoms with Crippen molar-refractivity contribution in [1.82, 2.24) is 5.43 Å². The summed E-state index contributed by atoms with van der Waals surface area (Å²) in [6, 6.07) is 10.3. The molecule has 0 aromatic heterocycles. The van der Waals surface area contributed by atoms with Crippen molar-refractivity contribution in [1.29, 1.82) is 0 Å².